The number of carbonyl (C=O) groups is 1. The Balaban J connectivity index is 1.13. The van der Waals surface area contributed by atoms with Gasteiger partial charge in [-0.3, -0.25) is 14.7 Å². The van der Waals surface area contributed by atoms with Crippen LogP contribution in [0.25, 0.3) is 11.3 Å². The van der Waals surface area contributed by atoms with E-state index in [4.69, 9.17) is 4.74 Å². The molecular formula is C38H37N7O2. The highest BCUT2D eigenvalue weighted by atomic mass is 16.5. The number of aromatic amines is 1. The Hall–Kier alpha value is -5.67. The number of carbonyl (C=O) groups excluding carboxylic acids is 1. The Morgan fingerprint density at radius 2 is 1.45 bits per heavy atom. The molecule has 0 radical (unpaired) electrons. The van der Waals surface area contributed by atoms with E-state index in [9.17, 15) is 4.79 Å². The van der Waals surface area contributed by atoms with Crippen LogP contribution < -0.4 is 10.2 Å². The van der Waals surface area contributed by atoms with Gasteiger partial charge in [-0.15, -0.1) is 0 Å². The highest BCUT2D eigenvalue weighted by Crippen LogP contribution is 2.44. The molecule has 0 spiro atoms. The van der Waals surface area contributed by atoms with Gasteiger partial charge in [-0.2, -0.15) is 10.2 Å². The van der Waals surface area contributed by atoms with Crippen molar-refractivity contribution in [3.8, 4) is 11.3 Å². The molecule has 1 aliphatic rings. The summed E-state index contributed by atoms with van der Waals surface area (Å²) in [6, 6.07) is 41.0. The number of aromatic nitrogens is 4. The first-order chi connectivity index (χ1) is 23.2. The third-order valence-electron chi connectivity index (χ3n) is 8.63. The topological polar surface area (TPSA) is 91.3 Å². The Morgan fingerprint density at radius 1 is 0.830 bits per heavy atom. The van der Waals surface area contributed by atoms with Crippen molar-refractivity contribution in [2.24, 2.45) is 0 Å². The third kappa shape index (κ3) is 5.89. The molecule has 1 saturated heterocycles. The highest BCUT2D eigenvalue weighted by Gasteiger charge is 2.48. The van der Waals surface area contributed by atoms with E-state index in [-0.39, 0.29) is 6.03 Å². The highest BCUT2D eigenvalue weighted by molar-refractivity contribution is 5.96. The van der Waals surface area contributed by atoms with Gasteiger partial charge in [0.25, 0.3) is 0 Å². The molecule has 236 valence electrons. The summed E-state index contributed by atoms with van der Waals surface area (Å²) in [6.07, 6.45) is 3.70. The summed E-state index contributed by atoms with van der Waals surface area (Å²) in [4.78, 5) is 18.4. The van der Waals surface area contributed by atoms with Crippen LogP contribution in [0.15, 0.2) is 134 Å². The van der Waals surface area contributed by atoms with Crippen LogP contribution in [0.1, 0.15) is 23.6 Å². The number of amides is 2. The van der Waals surface area contributed by atoms with Crippen LogP contribution in [0.5, 0.6) is 0 Å². The van der Waals surface area contributed by atoms with Crippen molar-refractivity contribution in [2.45, 2.75) is 19.0 Å². The van der Waals surface area contributed by atoms with Gasteiger partial charge >= 0.3 is 6.03 Å². The average molecular weight is 624 g/mol. The molecule has 1 aliphatic heterocycles. The number of benzene rings is 4. The van der Waals surface area contributed by atoms with Gasteiger partial charge < -0.3 is 15.0 Å². The second-order valence-corrected chi connectivity index (χ2v) is 11.4. The zero-order chi connectivity index (χ0) is 32.1. The Labute approximate surface area is 274 Å². The maximum Gasteiger partial charge on any atom is 0.325 e. The zero-order valence-corrected chi connectivity index (χ0v) is 26.3. The van der Waals surface area contributed by atoms with E-state index in [1.807, 2.05) is 113 Å². The van der Waals surface area contributed by atoms with Crippen molar-refractivity contribution in [1.82, 2.24) is 24.9 Å². The summed E-state index contributed by atoms with van der Waals surface area (Å²) in [6.45, 7) is 5.12. The summed E-state index contributed by atoms with van der Waals surface area (Å²) >= 11 is 0. The normalized spacial score (nSPS) is 13.3. The van der Waals surface area contributed by atoms with Gasteiger partial charge in [0.1, 0.15) is 5.54 Å². The molecule has 9 nitrogen and oxygen atoms in total. The van der Waals surface area contributed by atoms with Gasteiger partial charge in [-0.1, -0.05) is 103 Å². The fourth-order valence-corrected chi connectivity index (χ4v) is 6.45. The van der Waals surface area contributed by atoms with E-state index in [1.165, 1.54) is 0 Å². The van der Waals surface area contributed by atoms with Crippen LogP contribution in [0, 0.1) is 0 Å². The molecule has 9 heteroatoms. The fraction of sp³-hybridized carbons (Fsp3) is 0.184. The van der Waals surface area contributed by atoms with Crippen molar-refractivity contribution in [3.63, 3.8) is 0 Å². The first-order valence-electron chi connectivity index (χ1n) is 16.0. The molecule has 6 aromatic rings. The van der Waals surface area contributed by atoms with Crippen molar-refractivity contribution in [2.75, 3.05) is 36.5 Å². The zero-order valence-electron chi connectivity index (χ0n) is 26.3. The lowest BCUT2D eigenvalue weighted by molar-refractivity contribution is 0.136. The van der Waals surface area contributed by atoms with Crippen LogP contribution in [-0.4, -0.2) is 57.2 Å². The monoisotopic (exact) mass is 623 g/mol. The van der Waals surface area contributed by atoms with E-state index in [0.717, 1.165) is 39.3 Å². The number of nitrogens with one attached hydrogen (secondary N) is 2. The number of ether oxygens (including phenoxy) is 1. The van der Waals surface area contributed by atoms with Crippen LogP contribution in [0.2, 0.25) is 0 Å². The first-order valence-corrected chi connectivity index (χ1v) is 16.0. The second kappa shape index (κ2) is 13.4. The average Bonchev–Trinajstić information content (AvgIpc) is 3.88. The fourth-order valence-electron chi connectivity index (χ4n) is 6.45. The minimum Gasteiger partial charge on any atom is -0.380 e. The van der Waals surface area contributed by atoms with Gasteiger partial charge in [0.05, 0.1) is 30.7 Å². The summed E-state index contributed by atoms with van der Waals surface area (Å²) in [7, 11) is 0. The molecule has 4 aromatic carbocycles. The molecule has 0 bridgehead atoms. The number of urea groups is 1. The second-order valence-electron chi connectivity index (χ2n) is 11.4. The Bertz CT molecular complexity index is 1810. The summed E-state index contributed by atoms with van der Waals surface area (Å²) in [5.74, 6) is 0.692. The van der Waals surface area contributed by atoms with Crippen molar-refractivity contribution >= 4 is 23.2 Å². The SMILES string of the molecule is CCOCCn1cc(Nc2cc(-c3ccc(N4CCN(C(c5ccccc5)(c5ccccc5)c5ccccc5)C4=O)cc3)[nH]n2)cn1. The molecular weight excluding hydrogens is 586 g/mol. The number of hydrogen-bond acceptors (Lipinski definition) is 5. The quantitative estimate of drug-likeness (QED) is 0.110. The summed E-state index contributed by atoms with van der Waals surface area (Å²) in [5.41, 5.74) is 5.88. The minimum atomic E-state index is -0.797. The predicted molar refractivity (Wildman–Crippen MR) is 185 cm³/mol. The van der Waals surface area contributed by atoms with E-state index >= 15 is 0 Å². The maximum atomic E-state index is 14.5. The van der Waals surface area contributed by atoms with E-state index in [0.29, 0.717) is 38.7 Å². The first kappa shape index (κ1) is 30.0. The van der Waals surface area contributed by atoms with Crippen molar-refractivity contribution in [1.29, 1.82) is 0 Å². The Kier molecular flexibility index (Phi) is 8.53. The number of anilines is 3. The molecule has 1 fully saturated rings. The standard InChI is InChI=1S/C38H37N7O2/c1-2-47-25-24-43-28-33(27-39-43)40-36-26-35(41-42-36)29-18-20-34(21-19-29)44-22-23-45(37(44)46)38(30-12-6-3-7-13-30,31-14-8-4-9-15-31)32-16-10-5-11-17-32/h3-21,26-28H,2,22-25H2,1H3,(H2,40,41,42). The molecule has 0 atom stereocenters. The van der Waals surface area contributed by atoms with Crippen LogP contribution >= 0.6 is 0 Å². The van der Waals surface area contributed by atoms with Gasteiger partial charge in [-0.05, 0) is 41.3 Å². The van der Waals surface area contributed by atoms with E-state index in [1.54, 1.807) is 6.20 Å². The third-order valence-corrected chi connectivity index (χ3v) is 8.63. The van der Waals surface area contributed by atoms with Crippen LogP contribution in [-0.2, 0) is 16.8 Å². The smallest absolute Gasteiger partial charge is 0.325 e. The Morgan fingerprint density at radius 3 is 2.04 bits per heavy atom. The number of hydrogen-bond donors (Lipinski definition) is 2. The molecule has 2 aromatic heterocycles. The number of H-pyrrole nitrogens is 1. The molecule has 0 aliphatic carbocycles. The molecule has 0 saturated carbocycles. The van der Waals surface area contributed by atoms with Crippen molar-refractivity contribution < 1.29 is 9.53 Å². The molecule has 2 N–H and O–H groups in total. The predicted octanol–water partition coefficient (Wildman–Crippen LogP) is 7.29. The lowest BCUT2D eigenvalue weighted by atomic mass is 9.75. The molecule has 0 unspecified atom stereocenters. The van der Waals surface area contributed by atoms with Crippen molar-refractivity contribution in [3.05, 3.63) is 150 Å². The molecule has 2 amide bonds. The molecule has 3 heterocycles. The molecule has 7 rings (SSSR count). The van der Waals surface area contributed by atoms with Crippen LogP contribution in [0.3, 0.4) is 0 Å². The van der Waals surface area contributed by atoms with Gasteiger partial charge in [0.15, 0.2) is 5.82 Å². The van der Waals surface area contributed by atoms with E-state index in [2.05, 4.69) is 57.0 Å². The van der Waals surface area contributed by atoms with Gasteiger partial charge in [0.2, 0.25) is 0 Å². The lowest BCUT2D eigenvalue weighted by Gasteiger charge is -2.43. The maximum absolute atomic E-state index is 14.5. The van der Waals surface area contributed by atoms with Crippen LogP contribution in [0.4, 0.5) is 22.0 Å². The molecule has 47 heavy (non-hydrogen) atoms. The summed E-state index contributed by atoms with van der Waals surface area (Å²) < 4.78 is 7.26. The lowest BCUT2D eigenvalue weighted by Crippen LogP contribution is -2.50. The summed E-state index contributed by atoms with van der Waals surface area (Å²) in [5, 5.41) is 15.2. The number of rotatable bonds is 12. The van der Waals surface area contributed by atoms with Gasteiger partial charge in [0, 0.05) is 37.6 Å². The largest absolute Gasteiger partial charge is 0.380 e. The van der Waals surface area contributed by atoms with Gasteiger partial charge in [-0.25, -0.2) is 4.79 Å². The minimum absolute atomic E-state index is 0.0378. The van der Waals surface area contributed by atoms with E-state index < -0.39 is 5.54 Å². The number of nitrogens with zero attached hydrogens (tertiary/aromatic N) is 5.